The molecule has 1 atom stereocenters. The third kappa shape index (κ3) is 5.95. The first-order chi connectivity index (χ1) is 20.1. The summed E-state index contributed by atoms with van der Waals surface area (Å²) in [7, 11) is 0. The molecule has 42 heavy (non-hydrogen) atoms. The van der Waals surface area contributed by atoms with Crippen molar-refractivity contribution >= 4 is 33.9 Å². The van der Waals surface area contributed by atoms with E-state index in [0.29, 0.717) is 22.1 Å². The molecule has 2 aromatic heterocycles. The average molecular weight is 583 g/mol. The van der Waals surface area contributed by atoms with Gasteiger partial charge in [-0.25, -0.2) is 4.68 Å². The van der Waals surface area contributed by atoms with Gasteiger partial charge in [0.15, 0.2) is 0 Å². The molecule has 4 aromatic rings. The molecule has 6 rings (SSSR count). The second-order valence-electron chi connectivity index (χ2n) is 13.2. The summed E-state index contributed by atoms with van der Waals surface area (Å²) in [5, 5.41) is 27.7. The van der Waals surface area contributed by atoms with Crippen molar-refractivity contribution in [3.8, 4) is 6.07 Å². The fourth-order valence-corrected chi connectivity index (χ4v) is 6.12. The van der Waals surface area contributed by atoms with Gasteiger partial charge in [0.1, 0.15) is 11.8 Å². The highest BCUT2D eigenvalue weighted by atomic mass is 35.5. The molecule has 9 heteroatoms. The summed E-state index contributed by atoms with van der Waals surface area (Å²) in [5.41, 5.74) is 5.17. The van der Waals surface area contributed by atoms with Crippen LogP contribution in [0.25, 0.3) is 10.9 Å². The second-order valence-corrected chi connectivity index (χ2v) is 13.6. The largest absolute Gasteiger partial charge is 0.383 e. The van der Waals surface area contributed by atoms with Crippen LogP contribution in [0.2, 0.25) is 5.02 Å². The van der Waals surface area contributed by atoms with Crippen LogP contribution < -0.4 is 10.6 Å². The molecule has 0 bridgehead atoms. The fourth-order valence-electron chi connectivity index (χ4n) is 5.85. The first-order valence-corrected chi connectivity index (χ1v) is 15.3. The third-order valence-corrected chi connectivity index (χ3v) is 9.18. The van der Waals surface area contributed by atoms with Crippen LogP contribution >= 0.6 is 11.6 Å². The number of nitriles is 1. The smallest absolute Gasteiger partial charge is 0.109 e. The van der Waals surface area contributed by atoms with E-state index in [1.807, 2.05) is 35.0 Å². The van der Waals surface area contributed by atoms with Crippen molar-refractivity contribution in [3.05, 3.63) is 76.7 Å². The molecule has 1 aliphatic carbocycles. The summed E-state index contributed by atoms with van der Waals surface area (Å²) < 4.78 is 2.05. The van der Waals surface area contributed by atoms with E-state index >= 15 is 0 Å². The zero-order chi connectivity index (χ0) is 29.5. The van der Waals surface area contributed by atoms with E-state index in [2.05, 4.69) is 82.9 Å². The number of benzene rings is 2. The van der Waals surface area contributed by atoms with E-state index in [0.717, 1.165) is 60.5 Å². The third-order valence-electron chi connectivity index (χ3n) is 8.90. The van der Waals surface area contributed by atoms with Crippen molar-refractivity contribution in [2.75, 3.05) is 30.3 Å². The summed E-state index contributed by atoms with van der Waals surface area (Å²) >= 11 is 6.81. The number of likely N-dealkylation sites (tertiary alicyclic amines) is 1. The number of pyridine rings is 1. The highest BCUT2D eigenvalue weighted by Gasteiger charge is 2.37. The summed E-state index contributed by atoms with van der Waals surface area (Å²) in [6.45, 7) is 12.0. The fraction of sp³-hybridized carbons (Fsp3) is 0.455. The van der Waals surface area contributed by atoms with Crippen LogP contribution in [0.4, 0.5) is 11.4 Å². The molecule has 218 valence electrons. The van der Waals surface area contributed by atoms with Crippen molar-refractivity contribution in [2.45, 2.75) is 71.0 Å². The number of aromatic nitrogens is 4. The molecule has 8 nitrogen and oxygen atoms in total. The first-order valence-electron chi connectivity index (χ1n) is 14.9. The summed E-state index contributed by atoms with van der Waals surface area (Å²) in [6, 6.07) is 16.6. The molecular weight excluding hydrogens is 544 g/mol. The van der Waals surface area contributed by atoms with Crippen LogP contribution in [-0.2, 0) is 0 Å². The molecule has 1 unspecified atom stereocenters. The van der Waals surface area contributed by atoms with Crippen molar-refractivity contribution in [2.24, 2.45) is 5.41 Å². The van der Waals surface area contributed by atoms with Crippen LogP contribution in [-0.4, -0.2) is 50.1 Å². The summed E-state index contributed by atoms with van der Waals surface area (Å²) in [5.74, 6) is 0. The van der Waals surface area contributed by atoms with E-state index in [1.165, 1.54) is 12.8 Å². The molecule has 1 aliphatic heterocycles. The van der Waals surface area contributed by atoms with E-state index in [1.54, 1.807) is 6.20 Å². The van der Waals surface area contributed by atoms with Gasteiger partial charge in [-0.15, -0.1) is 5.10 Å². The normalized spacial score (nSPS) is 18.0. The molecular formula is C33H39ClN8. The minimum Gasteiger partial charge on any atom is -0.383 e. The number of hydrogen-bond acceptors (Lipinski definition) is 7. The molecule has 1 saturated carbocycles. The lowest BCUT2D eigenvalue weighted by atomic mass is 9.98. The number of nitrogens with zero attached hydrogens (tertiary/aromatic N) is 6. The van der Waals surface area contributed by atoms with Crippen LogP contribution in [0.3, 0.4) is 0 Å². The molecule has 1 saturated heterocycles. The number of rotatable bonds is 8. The van der Waals surface area contributed by atoms with Crippen LogP contribution in [0.1, 0.15) is 82.3 Å². The molecule has 3 heterocycles. The predicted octanol–water partition coefficient (Wildman–Crippen LogP) is 7.20. The van der Waals surface area contributed by atoms with Crippen molar-refractivity contribution in [3.63, 3.8) is 0 Å². The van der Waals surface area contributed by atoms with Crippen molar-refractivity contribution in [1.82, 2.24) is 24.9 Å². The monoisotopic (exact) mass is 582 g/mol. The predicted molar refractivity (Wildman–Crippen MR) is 169 cm³/mol. The maximum Gasteiger partial charge on any atom is 0.109 e. The molecule has 2 fully saturated rings. The SMILES string of the molecule is CC1(CNc2c(C#N)cnc3c(Cl)cc(NC(c4ccccc4)c4cn(C5CCN(C(C)(C)C)CC5)nn4)cc23)CC1. The lowest BCUT2D eigenvalue weighted by Gasteiger charge is -2.40. The Morgan fingerprint density at radius 2 is 1.88 bits per heavy atom. The number of halogens is 1. The zero-order valence-electron chi connectivity index (χ0n) is 24.9. The van der Waals surface area contributed by atoms with Gasteiger partial charge in [0, 0.05) is 42.4 Å². The van der Waals surface area contributed by atoms with E-state index in [4.69, 9.17) is 11.6 Å². The Bertz CT molecular complexity index is 1610. The van der Waals surface area contributed by atoms with Gasteiger partial charge in [-0.3, -0.25) is 9.88 Å². The van der Waals surface area contributed by atoms with Gasteiger partial charge in [-0.05, 0) is 69.6 Å². The van der Waals surface area contributed by atoms with E-state index in [9.17, 15) is 5.26 Å². The van der Waals surface area contributed by atoms with Crippen LogP contribution in [0.15, 0.2) is 54.9 Å². The maximum absolute atomic E-state index is 9.87. The second kappa shape index (κ2) is 11.2. The van der Waals surface area contributed by atoms with E-state index < -0.39 is 0 Å². The molecule has 2 N–H and O–H groups in total. The quantitative estimate of drug-likeness (QED) is 0.227. The van der Waals surface area contributed by atoms with Gasteiger partial charge in [0.05, 0.1) is 40.1 Å². The Labute approximate surface area is 253 Å². The van der Waals surface area contributed by atoms with Gasteiger partial charge in [-0.2, -0.15) is 5.26 Å². The van der Waals surface area contributed by atoms with Gasteiger partial charge >= 0.3 is 0 Å². The number of piperidine rings is 1. The topological polar surface area (TPSA) is 94.7 Å². The Morgan fingerprint density at radius 1 is 1.14 bits per heavy atom. The molecule has 0 amide bonds. The Morgan fingerprint density at radius 3 is 2.55 bits per heavy atom. The lowest BCUT2D eigenvalue weighted by Crippen LogP contribution is -2.46. The number of fused-ring (bicyclic) bond motifs is 1. The van der Waals surface area contributed by atoms with Gasteiger partial charge in [0.25, 0.3) is 0 Å². The van der Waals surface area contributed by atoms with Crippen LogP contribution in [0.5, 0.6) is 0 Å². The summed E-state index contributed by atoms with van der Waals surface area (Å²) in [6.07, 6.45) is 8.17. The molecule has 0 spiro atoms. The van der Waals surface area contributed by atoms with Crippen molar-refractivity contribution < 1.29 is 0 Å². The van der Waals surface area contributed by atoms with Gasteiger partial charge in [-0.1, -0.05) is 54.1 Å². The molecule has 2 aliphatic rings. The van der Waals surface area contributed by atoms with Gasteiger partial charge < -0.3 is 10.6 Å². The minimum absolute atomic E-state index is 0.177. The maximum atomic E-state index is 9.87. The van der Waals surface area contributed by atoms with Gasteiger partial charge in [0.2, 0.25) is 0 Å². The number of nitrogens with one attached hydrogen (secondary N) is 2. The number of anilines is 2. The first kappa shape index (κ1) is 28.4. The Balaban J connectivity index is 1.31. The Hall–Kier alpha value is -3.67. The van der Waals surface area contributed by atoms with E-state index in [-0.39, 0.29) is 17.0 Å². The molecule has 2 aromatic carbocycles. The van der Waals surface area contributed by atoms with Crippen molar-refractivity contribution in [1.29, 1.82) is 5.26 Å². The standard InChI is InChI=1S/C33H39ClN8/c1-32(2,3)41-14-10-25(11-15-41)42-20-28(39-40-42)30(22-8-6-5-7-9-22)38-24-16-26-29(37-21-33(4)12-13-33)23(18-35)19-36-31(26)27(34)17-24/h5-9,16-17,19-20,25,30,38H,10-15,21H2,1-4H3,(H,36,37). The Kier molecular flexibility index (Phi) is 7.59. The number of hydrogen-bond donors (Lipinski definition) is 2. The van der Waals surface area contributed by atoms with Crippen LogP contribution in [0, 0.1) is 16.7 Å². The lowest BCUT2D eigenvalue weighted by molar-refractivity contribution is 0.0866. The highest BCUT2D eigenvalue weighted by molar-refractivity contribution is 6.35. The zero-order valence-corrected chi connectivity index (χ0v) is 25.6. The highest BCUT2D eigenvalue weighted by Crippen LogP contribution is 2.45. The minimum atomic E-state index is -0.239. The summed E-state index contributed by atoms with van der Waals surface area (Å²) in [4.78, 5) is 7.07. The molecule has 0 radical (unpaired) electrons. The average Bonchev–Trinajstić information content (AvgIpc) is 3.52.